The molecule has 0 aliphatic rings. The van der Waals surface area contributed by atoms with E-state index in [2.05, 4.69) is 31.6 Å². The predicted octanol–water partition coefficient (Wildman–Crippen LogP) is 4.22. The van der Waals surface area contributed by atoms with Crippen molar-refractivity contribution in [2.75, 3.05) is 7.11 Å². The third kappa shape index (κ3) is 5.98. The van der Waals surface area contributed by atoms with Crippen LogP contribution in [-0.2, 0) is 17.9 Å². The van der Waals surface area contributed by atoms with E-state index in [-0.39, 0.29) is 24.7 Å². The minimum absolute atomic E-state index is 0.0377. The van der Waals surface area contributed by atoms with Gasteiger partial charge in [0.2, 0.25) is 0 Å². The molecule has 2 aromatic carbocycles. The van der Waals surface area contributed by atoms with E-state index < -0.39 is 4.92 Å². The van der Waals surface area contributed by atoms with E-state index in [0.29, 0.717) is 17.1 Å². The Labute approximate surface area is 204 Å². The number of aromatic nitrogens is 2. The van der Waals surface area contributed by atoms with E-state index in [9.17, 15) is 14.9 Å². The average molecular weight is 530 g/mol. The summed E-state index contributed by atoms with van der Waals surface area (Å²) < 4.78 is 13.7. The van der Waals surface area contributed by atoms with Gasteiger partial charge in [-0.05, 0) is 72.6 Å². The first-order valence-corrected chi connectivity index (χ1v) is 11.0. The fourth-order valence-corrected chi connectivity index (χ4v) is 3.54. The van der Waals surface area contributed by atoms with Crippen LogP contribution in [0.4, 0.5) is 5.69 Å². The smallest absolute Gasteiger partial charge is 0.272 e. The summed E-state index contributed by atoms with van der Waals surface area (Å²) >= 11 is 3.44. The maximum absolute atomic E-state index is 12.2. The quantitative estimate of drug-likeness (QED) is 0.251. The Morgan fingerprint density at radius 3 is 2.65 bits per heavy atom. The molecule has 1 heterocycles. The van der Waals surface area contributed by atoms with Crippen molar-refractivity contribution < 1.29 is 19.2 Å². The highest BCUT2D eigenvalue weighted by Gasteiger charge is 2.13. The minimum atomic E-state index is -0.431. The van der Waals surface area contributed by atoms with Crippen molar-refractivity contribution in [3.8, 4) is 11.5 Å². The van der Waals surface area contributed by atoms with Crippen molar-refractivity contribution in [1.29, 1.82) is 0 Å². The largest absolute Gasteiger partial charge is 0.496 e. The van der Waals surface area contributed by atoms with E-state index in [4.69, 9.17) is 9.47 Å². The van der Waals surface area contributed by atoms with Crippen molar-refractivity contribution in [1.82, 2.24) is 15.2 Å². The molecular formula is C23H24BrN5O5. The summed E-state index contributed by atoms with van der Waals surface area (Å²) in [5.74, 6) is 0.821. The van der Waals surface area contributed by atoms with Gasteiger partial charge in [0, 0.05) is 17.2 Å². The van der Waals surface area contributed by atoms with Gasteiger partial charge in [0.1, 0.15) is 24.7 Å². The van der Waals surface area contributed by atoms with Crippen molar-refractivity contribution in [3.63, 3.8) is 0 Å². The third-order valence-corrected chi connectivity index (χ3v) is 6.20. The van der Waals surface area contributed by atoms with Crippen LogP contribution >= 0.6 is 15.9 Å². The molecular weight excluding hydrogens is 506 g/mol. The molecule has 0 bridgehead atoms. The molecule has 0 spiro atoms. The number of carbonyl (C=O) groups is 1. The molecule has 178 valence electrons. The number of hydrogen-bond donors (Lipinski definition) is 1. The van der Waals surface area contributed by atoms with Crippen LogP contribution in [0.1, 0.15) is 28.1 Å². The van der Waals surface area contributed by atoms with Gasteiger partial charge in [-0.15, -0.1) is 0 Å². The van der Waals surface area contributed by atoms with Crippen LogP contribution < -0.4 is 14.9 Å². The summed E-state index contributed by atoms with van der Waals surface area (Å²) in [6.07, 6.45) is 1.52. The van der Waals surface area contributed by atoms with E-state index in [1.165, 1.54) is 12.3 Å². The third-order valence-electron chi connectivity index (χ3n) is 5.05. The molecule has 3 aromatic rings. The number of nitrogens with zero attached hydrogens (tertiary/aromatic N) is 4. The number of rotatable bonds is 9. The van der Waals surface area contributed by atoms with Gasteiger partial charge in [-0.1, -0.05) is 0 Å². The Bertz CT molecular complexity index is 1250. The van der Waals surface area contributed by atoms with Crippen molar-refractivity contribution >= 4 is 33.7 Å². The predicted molar refractivity (Wildman–Crippen MR) is 130 cm³/mol. The fraction of sp³-hybridized carbons (Fsp3) is 0.261. The van der Waals surface area contributed by atoms with Gasteiger partial charge >= 0.3 is 0 Å². The summed E-state index contributed by atoms with van der Waals surface area (Å²) in [6, 6.07) is 9.98. The van der Waals surface area contributed by atoms with Crippen LogP contribution in [0.2, 0.25) is 0 Å². The lowest BCUT2D eigenvalue weighted by molar-refractivity contribution is -0.385. The summed E-state index contributed by atoms with van der Waals surface area (Å²) in [5.41, 5.74) is 6.20. The van der Waals surface area contributed by atoms with Crippen molar-refractivity contribution in [3.05, 3.63) is 79.1 Å². The second-order valence-electron chi connectivity index (χ2n) is 7.50. The molecule has 0 fully saturated rings. The Morgan fingerprint density at radius 1 is 1.26 bits per heavy atom. The van der Waals surface area contributed by atoms with Gasteiger partial charge in [-0.25, -0.2) is 5.43 Å². The molecule has 1 aromatic heterocycles. The number of halogens is 1. The number of methoxy groups -OCH3 is 1. The molecule has 0 aliphatic carbocycles. The standard InChI is InChI=1S/C23H24BrN5O5/c1-14-9-19(6-7-20(14)29(31)32)34-13-18-10-17(5-8-21(18)33-4)11-25-26-22(30)12-28-16(3)23(24)15(2)27-28/h5-11H,12-13H2,1-4H3,(H,26,30)/b25-11+. The number of amides is 1. The van der Waals surface area contributed by atoms with Crippen LogP contribution in [0.15, 0.2) is 46.0 Å². The SMILES string of the molecule is COc1ccc(/C=N/NC(=O)Cn2nc(C)c(Br)c2C)cc1COc1ccc([N+](=O)[O-])c(C)c1. The fourth-order valence-electron chi connectivity index (χ4n) is 3.25. The summed E-state index contributed by atoms with van der Waals surface area (Å²) in [7, 11) is 1.56. The number of carbonyl (C=O) groups excluding carboxylic acids is 1. The minimum Gasteiger partial charge on any atom is -0.496 e. The maximum atomic E-state index is 12.2. The van der Waals surface area contributed by atoms with Gasteiger partial charge in [-0.2, -0.15) is 10.2 Å². The van der Waals surface area contributed by atoms with Gasteiger partial charge in [0.15, 0.2) is 0 Å². The highest BCUT2D eigenvalue weighted by Crippen LogP contribution is 2.26. The average Bonchev–Trinajstić information content (AvgIpc) is 3.03. The van der Waals surface area contributed by atoms with Crippen molar-refractivity contribution in [2.45, 2.75) is 33.9 Å². The number of nitro benzene ring substituents is 1. The number of benzene rings is 2. The first-order valence-electron chi connectivity index (χ1n) is 10.3. The van der Waals surface area contributed by atoms with Gasteiger partial charge < -0.3 is 9.47 Å². The zero-order valence-corrected chi connectivity index (χ0v) is 20.7. The molecule has 0 atom stereocenters. The highest BCUT2D eigenvalue weighted by atomic mass is 79.9. The van der Waals surface area contributed by atoms with E-state index in [0.717, 1.165) is 27.0 Å². The Balaban J connectivity index is 1.64. The number of nitrogens with one attached hydrogen (secondary N) is 1. The molecule has 0 unspecified atom stereocenters. The van der Waals surface area contributed by atoms with Crippen LogP contribution in [0.5, 0.6) is 11.5 Å². The second-order valence-corrected chi connectivity index (χ2v) is 8.29. The Kier molecular flexibility index (Phi) is 8.00. The molecule has 0 radical (unpaired) electrons. The highest BCUT2D eigenvalue weighted by molar-refractivity contribution is 9.10. The lowest BCUT2D eigenvalue weighted by atomic mass is 10.1. The molecule has 0 aliphatic heterocycles. The van der Waals surface area contributed by atoms with Crippen LogP contribution in [0, 0.1) is 30.9 Å². The van der Waals surface area contributed by atoms with Crippen LogP contribution in [0.3, 0.4) is 0 Å². The number of aryl methyl sites for hydroxylation is 2. The van der Waals surface area contributed by atoms with Crippen LogP contribution in [0.25, 0.3) is 0 Å². The lowest BCUT2D eigenvalue weighted by Gasteiger charge is -2.11. The number of ether oxygens (including phenoxy) is 2. The van der Waals surface area contributed by atoms with Gasteiger partial charge in [0.25, 0.3) is 11.6 Å². The molecule has 1 N–H and O–H groups in total. The molecule has 3 rings (SSSR count). The molecule has 0 saturated heterocycles. The van der Waals surface area contributed by atoms with Gasteiger partial charge in [-0.3, -0.25) is 19.6 Å². The number of hydrazone groups is 1. The Hall–Kier alpha value is -3.73. The molecule has 34 heavy (non-hydrogen) atoms. The lowest BCUT2D eigenvalue weighted by Crippen LogP contribution is -2.24. The summed E-state index contributed by atoms with van der Waals surface area (Å²) in [4.78, 5) is 22.8. The number of hydrogen-bond acceptors (Lipinski definition) is 7. The van der Waals surface area contributed by atoms with E-state index in [1.807, 2.05) is 19.9 Å². The van der Waals surface area contributed by atoms with E-state index >= 15 is 0 Å². The first kappa shape index (κ1) is 24.9. The zero-order valence-electron chi connectivity index (χ0n) is 19.2. The zero-order chi connectivity index (χ0) is 24.8. The summed E-state index contributed by atoms with van der Waals surface area (Å²) in [6.45, 7) is 5.62. The maximum Gasteiger partial charge on any atom is 0.272 e. The van der Waals surface area contributed by atoms with Crippen LogP contribution in [-0.4, -0.2) is 33.9 Å². The number of nitro groups is 1. The van der Waals surface area contributed by atoms with Crippen molar-refractivity contribution in [2.24, 2.45) is 5.10 Å². The summed E-state index contributed by atoms with van der Waals surface area (Å²) in [5, 5.41) is 19.3. The first-order chi connectivity index (χ1) is 16.2. The monoisotopic (exact) mass is 529 g/mol. The second kappa shape index (κ2) is 10.9. The Morgan fingerprint density at radius 2 is 2.03 bits per heavy atom. The molecule has 1 amide bonds. The molecule has 11 heteroatoms. The molecule has 0 saturated carbocycles. The molecule has 10 nitrogen and oxygen atoms in total. The topological polar surface area (TPSA) is 121 Å². The normalized spacial score (nSPS) is 11.0. The van der Waals surface area contributed by atoms with E-state index in [1.54, 1.807) is 43.0 Å². The van der Waals surface area contributed by atoms with Gasteiger partial charge in [0.05, 0.1) is 34.1 Å².